The first-order valence-corrected chi connectivity index (χ1v) is 12.0. The minimum Gasteiger partial charge on any atom is -0.484 e. The quantitative estimate of drug-likeness (QED) is 0.332. The van der Waals surface area contributed by atoms with Gasteiger partial charge < -0.3 is 9.64 Å². The van der Waals surface area contributed by atoms with Crippen molar-refractivity contribution >= 4 is 17.8 Å². The molecule has 0 radical (unpaired) electrons. The van der Waals surface area contributed by atoms with Gasteiger partial charge in [-0.25, -0.2) is 9.82 Å². The van der Waals surface area contributed by atoms with E-state index in [9.17, 15) is 9.18 Å². The second kappa shape index (κ2) is 10.3. The largest absolute Gasteiger partial charge is 0.484 e. The second-order valence-electron chi connectivity index (χ2n) is 9.57. The zero-order valence-corrected chi connectivity index (χ0v) is 20.7. The maximum atomic E-state index is 14.9. The molecule has 1 N–H and O–H groups in total. The van der Waals surface area contributed by atoms with Crippen molar-refractivity contribution < 1.29 is 13.9 Å². The molecule has 0 saturated heterocycles. The Bertz CT molecular complexity index is 1210. The van der Waals surface area contributed by atoms with Crippen LogP contribution in [-0.4, -0.2) is 30.8 Å². The van der Waals surface area contributed by atoms with Crippen molar-refractivity contribution in [3.8, 4) is 16.9 Å². The third-order valence-corrected chi connectivity index (χ3v) is 6.54. The number of halogens is 1. The van der Waals surface area contributed by atoms with Gasteiger partial charge in [0.1, 0.15) is 11.6 Å². The van der Waals surface area contributed by atoms with Gasteiger partial charge in [0.05, 0.1) is 6.21 Å². The van der Waals surface area contributed by atoms with Crippen molar-refractivity contribution in [2.24, 2.45) is 5.10 Å². The molecule has 1 atom stereocenters. The number of benzene rings is 3. The summed E-state index contributed by atoms with van der Waals surface area (Å²) in [5.41, 5.74) is 6.95. The molecule has 0 aliphatic carbocycles. The summed E-state index contributed by atoms with van der Waals surface area (Å²) in [4.78, 5) is 14.4. The van der Waals surface area contributed by atoms with Gasteiger partial charge in [0.25, 0.3) is 5.91 Å². The smallest absolute Gasteiger partial charge is 0.277 e. The molecule has 1 heterocycles. The summed E-state index contributed by atoms with van der Waals surface area (Å²) in [7, 11) is 0. The number of carbonyl (C=O) groups excluding carboxylic acids is 1. The van der Waals surface area contributed by atoms with Crippen LogP contribution in [0.5, 0.6) is 5.75 Å². The fourth-order valence-electron chi connectivity index (χ4n) is 4.95. The molecular formula is C29H32FN3O2. The zero-order valence-electron chi connectivity index (χ0n) is 20.7. The monoisotopic (exact) mass is 473 g/mol. The lowest BCUT2D eigenvalue weighted by Gasteiger charge is -2.47. The van der Waals surface area contributed by atoms with Crippen molar-refractivity contribution in [1.82, 2.24) is 5.43 Å². The number of hydrazone groups is 1. The van der Waals surface area contributed by atoms with Crippen LogP contribution in [0.3, 0.4) is 0 Å². The van der Waals surface area contributed by atoms with Crippen LogP contribution < -0.4 is 15.1 Å². The van der Waals surface area contributed by atoms with E-state index >= 15 is 0 Å². The highest BCUT2D eigenvalue weighted by atomic mass is 19.1. The summed E-state index contributed by atoms with van der Waals surface area (Å²) in [6.45, 7) is 9.26. The van der Waals surface area contributed by atoms with E-state index in [1.807, 2.05) is 60.7 Å². The molecule has 0 fully saturated rings. The summed E-state index contributed by atoms with van der Waals surface area (Å²) in [5.74, 6) is 0.104. The van der Waals surface area contributed by atoms with Crippen molar-refractivity contribution in [2.75, 3.05) is 18.1 Å². The highest BCUT2D eigenvalue weighted by Gasteiger charge is 2.36. The topological polar surface area (TPSA) is 53.9 Å². The summed E-state index contributed by atoms with van der Waals surface area (Å²) in [5, 5.41) is 3.95. The van der Waals surface area contributed by atoms with Crippen LogP contribution >= 0.6 is 0 Å². The Hall–Kier alpha value is -3.67. The van der Waals surface area contributed by atoms with E-state index in [2.05, 4.69) is 43.1 Å². The lowest BCUT2D eigenvalue weighted by molar-refractivity contribution is -0.123. The highest BCUT2D eigenvalue weighted by Crippen LogP contribution is 2.43. The molecule has 1 aliphatic rings. The van der Waals surface area contributed by atoms with E-state index < -0.39 is 5.91 Å². The van der Waals surface area contributed by atoms with Crippen molar-refractivity contribution in [3.05, 3.63) is 83.7 Å². The average Bonchev–Trinajstić information content (AvgIpc) is 2.84. The fraction of sp³-hybridized carbons (Fsp3) is 0.310. The molecule has 1 amide bonds. The summed E-state index contributed by atoms with van der Waals surface area (Å²) in [6, 6.07) is 21.0. The van der Waals surface area contributed by atoms with E-state index in [1.54, 1.807) is 6.07 Å². The number of amides is 1. The first kappa shape index (κ1) is 24.5. The molecule has 0 bridgehead atoms. The van der Waals surface area contributed by atoms with Gasteiger partial charge >= 0.3 is 0 Å². The number of carbonyl (C=O) groups is 1. The molecule has 35 heavy (non-hydrogen) atoms. The van der Waals surface area contributed by atoms with Crippen molar-refractivity contribution in [3.63, 3.8) is 0 Å². The number of fused-ring (bicyclic) bond motifs is 1. The van der Waals surface area contributed by atoms with Crippen LogP contribution in [0.25, 0.3) is 11.1 Å². The first-order chi connectivity index (χ1) is 16.8. The number of anilines is 1. The van der Waals surface area contributed by atoms with Crippen LogP contribution in [0, 0.1) is 5.82 Å². The van der Waals surface area contributed by atoms with Crippen LogP contribution in [0.15, 0.2) is 71.8 Å². The number of hydrogen-bond acceptors (Lipinski definition) is 4. The van der Waals surface area contributed by atoms with Gasteiger partial charge in [0.2, 0.25) is 0 Å². The molecular weight excluding hydrogens is 441 g/mol. The van der Waals surface area contributed by atoms with Gasteiger partial charge in [-0.2, -0.15) is 5.10 Å². The normalized spacial score (nSPS) is 16.7. The number of nitrogens with zero attached hydrogens (tertiary/aromatic N) is 2. The van der Waals surface area contributed by atoms with E-state index in [1.165, 1.54) is 6.21 Å². The molecule has 0 spiro atoms. The lowest BCUT2D eigenvalue weighted by Crippen LogP contribution is -2.48. The molecule has 0 saturated carbocycles. The maximum Gasteiger partial charge on any atom is 0.277 e. The van der Waals surface area contributed by atoms with E-state index in [0.717, 1.165) is 35.3 Å². The standard InChI is InChI=1S/C29H32FN3O2/c1-5-33-27-16-26(30)23(15-25(27)20(2)17-29(33,3)4)18-31-32-28(34)19-35-24-13-11-22(12-14-24)21-9-7-6-8-10-21/h6-16,18,20H,5,17,19H2,1-4H3,(H,32,34)/b31-18+. The Morgan fingerprint density at radius 2 is 1.83 bits per heavy atom. The van der Waals surface area contributed by atoms with Gasteiger partial charge in [0, 0.05) is 23.3 Å². The van der Waals surface area contributed by atoms with Crippen molar-refractivity contribution in [2.45, 2.75) is 45.6 Å². The maximum absolute atomic E-state index is 14.9. The molecule has 6 heteroatoms. The summed E-state index contributed by atoms with van der Waals surface area (Å²) in [6.07, 6.45) is 2.33. The van der Waals surface area contributed by atoms with E-state index in [-0.39, 0.29) is 18.0 Å². The number of rotatable bonds is 7. The minimum atomic E-state index is -0.418. The number of ether oxygens (including phenoxy) is 1. The van der Waals surface area contributed by atoms with Gasteiger partial charge in [-0.1, -0.05) is 49.4 Å². The molecule has 5 nitrogen and oxygen atoms in total. The van der Waals surface area contributed by atoms with Crippen LogP contribution in [0.2, 0.25) is 0 Å². The third-order valence-electron chi connectivity index (χ3n) is 6.54. The van der Waals surface area contributed by atoms with Crippen LogP contribution in [-0.2, 0) is 4.79 Å². The van der Waals surface area contributed by atoms with Gasteiger partial charge in [-0.3, -0.25) is 4.79 Å². The SMILES string of the molecule is CCN1c2cc(F)c(/C=N/NC(=O)COc3ccc(-c4ccccc4)cc3)cc2C(C)CC1(C)C. The van der Waals surface area contributed by atoms with Crippen molar-refractivity contribution in [1.29, 1.82) is 0 Å². The van der Waals surface area contributed by atoms with E-state index in [0.29, 0.717) is 17.2 Å². The lowest BCUT2D eigenvalue weighted by atomic mass is 9.79. The molecule has 3 aromatic rings. The van der Waals surface area contributed by atoms with Crippen LogP contribution in [0.1, 0.15) is 51.2 Å². The van der Waals surface area contributed by atoms with Gasteiger partial charge in [-0.15, -0.1) is 0 Å². The Labute approximate surface area is 206 Å². The molecule has 1 aliphatic heterocycles. The zero-order chi connectivity index (χ0) is 25.0. The summed E-state index contributed by atoms with van der Waals surface area (Å²) >= 11 is 0. The predicted octanol–water partition coefficient (Wildman–Crippen LogP) is 6.13. The Balaban J connectivity index is 1.35. The van der Waals surface area contributed by atoms with Crippen LogP contribution in [0.4, 0.5) is 10.1 Å². The highest BCUT2D eigenvalue weighted by molar-refractivity contribution is 5.84. The van der Waals surface area contributed by atoms with Gasteiger partial charge in [0.15, 0.2) is 6.61 Å². The first-order valence-electron chi connectivity index (χ1n) is 12.0. The molecule has 0 aromatic heterocycles. The van der Waals surface area contributed by atoms with Gasteiger partial charge in [-0.05, 0) is 74.1 Å². The Kier molecular flexibility index (Phi) is 7.20. The summed E-state index contributed by atoms with van der Waals surface area (Å²) < 4.78 is 20.4. The predicted molar refractivity (Wildman–Crippen MR) is 140 cm³/mol. The molecule has 4 rings (SSSR count). The number of hydrogen-bond donors (Lipinski definition) is 1. The third kappa shape index (κ3) is 5.53. The van der Waals surface area contributed by atoms with E-state index in [4.69, 9.17) is 4.74 Å². The Morgan fingerprint density at radius 3 is 2.51 bits per heavy atom. The number of nitrogens with one attached hydrogen (secondary N) is 1. The molecule has 1 unspecified atom stereocenters. The fourth-order valence-corrected chi connectivity index (χ4v) is 4.95. The minimum absolute atomic E-state index is 0.0287. The second-order valence-corrected chi connectivity index (χ2v) is 9.57. The molecule has 3 aromatic carbocycles. The average molecular weight is 474 g/mol. The Morgan fingerprint density at radius 1 is 1.14 bits per heavy atom. The molecule has 182 valence electrons.